The fourth-order valence-electron chi connectivity index (χ4n) is 1.98. The second kappa shape index (κ2) is 7.23. The van der Waals surface area contributed by atoms with Gasteiger partial charge in [-0.1, -0.05) is 59.1 Å². The van der Waals surface area contributed by atoms with E-state index in [0.717, 1.165) is 31.2 Å². The zero-order valence-corrected chi connectivity index (χ0v) is 13.9. The van der Waals surface area contributed by atoms with Gasteiger partial charge in [-0.15, -0.1) is 0 Å². The summed E-state index contributed by atoms with van der Waals surface area (Å²) < 4.78 is 26.9. The number of unbranched alkanes of at least 4 members (excludes halogenated alkanes) is 3. The number of sulfonamides is 1. The highest BCUT2D eigenvalue weighted by Crippen LogP contribution is 2.23. The maximum Gasteiger partial charge on any atom is 0.240 e. The summed E-state index contributed by atoms with van der Waals surface area (Å²) in [5.41, 5.74) is 1.18. The van der Waals surface area contributed by atoms with Crippen LogP contribution in [-0.4, -0.2) is 15.0 Å². The second-order valence-corrected chi connectivity index (χ2v) is 8.00. The molecule has 4 heteroatoms. The lowest BCUT2D eigenvalue weighted by molar-refractivity contribution is 0.572. The molecule has 20 heavy (non-hydrogen) atoms. The molecule has 0 aliphatic carbocycles. The molecule has 0 spiro atoms. The second-order valence-electron chi connectivity index (χ2n) is 6.23. The Morgan fingerprint density at radius 2 is 1.60 bits per heavy atom. The summed E-state index contributed by atoms with van der Waals surface area (Å²) >= 11 is 0. The Kier molecular flexibility index (Phi) is 6.21. The minimum absolute atomic E-state index is 0.0376. The zero-order valence-electron chi connectivity index (χ0n) is 13.1. The van der Waals surface area contributed by atoms with Crippen molar-refractivity contribution in [2.24, 2.45) is 0 Å². The number of nitrogens with one attached hydrogen (secondary N) is 1. The highest BCUT2D eigenvalue weighted by atomic mass is 32.2. The molecule has 3 nitrogen and oxygen atoms in total. The first-order valence-corrected chi connectivity index (χ1v) is 8.86. The summed E-state index contributed by atoms with van der Waals surface area (Å²) in [5.74, 6) is 0. The Morgan fingerprint density at radius 3 is 2.10 bits per heavy atom. The lowest BCUT2D eigenvalue weighted by Crippen LogP contribution is -2.25. The highest BCUT2D eigenvalue weighted by Gasteiger charge is 2.16. The molecule has 0 bridgehead atoms. The Balaban J connectivity index is 2.64. The lowest BCUT2D eigenvalue weighted by Gasteiger charge is -2.19. The van der Waals surface area contributed by atoms with Crippen LogP contribution in [0.1, 0.15) is 58.9 Å². The predicted octanol–water partition coefficient (Wildman–Crippen LogP) is 3.84. The molecule has 0 saturated carbocycles. The lowest BCUT2D eigenvalue weighted by atomic mass is 9.87. The number of rotatable bonds is 7. The summed E-state index contributed by atoms with van der Waals surface area (Å²) in [6, 6.07) is 7.17. The van der Waals surface area contributed by atoms with Crippen molar-refractivity contribution in [2.45, 2.75) is 63.7 Å². The first-order valence-electron chi connectivity index (χ1n) is 7.37. The van der Waals surface area contributed by atoms with Crippen molar-refractivity contribution >= 4 is 10.0 Å². The minimum atomic E-state index is -3.36. The van der Waals surface area contributed by atoms with Crippen molar-refractivity contribution in [1.82, 2.24) is 4.72 Å². The smallest absolute Gasteiger partial charge is 0.211 e. The van der Waals surface area contributed by atoms with Gasteiger partial charge < -0.3 is 0 Å². The van der Waals surface area contributed by atoms with Crippen LogP contribution < -0.4 is 4.72 Å². The standard InChI is InChI=1S/C16H27NO2S/c1-5-6-7-8-13-17-20(18,19)15-11-9-14(10-12-15)16(2,3)4/h9-12,17H,5-8,13H2,1-4H3. The molecule has 114 valence electrons. The van der Waals surface area contributed by atoms with Crippen molar-refractivity contribution < 1.29 is 8.42 Å². The van der Waals surface area contributed by atoms with Crippen molar-refractivity contribution in [3.05, 3.63) is 29.8 Å². The topological polar surface area (TPSA) is 46.2 Å². The molecular formula is C16H27NO2S. The van der Waals surface area contributed by atoms with E-state index in [-0.39, 0.29) is 5.41 Å². The molecule has 0 aliphatic rings. The van der Waals surface area contributed by atoms with E-state index in [9.17, 15) is 8.42 Å². The van der Waals surface area contributed by atoms with E-state index < -0.39 is 10.0 Å². The van der Waals surface area contributed by atoms with Gasteiger partial charge >= 0.3 is 0 Å². The number of benzene rings is 1. The molecule has 0 atom stereocenters. The number of hydrogen-bond donors (Lipinski definition) is 1. The Labute approximate surface area is 123 Å². The van der Waals surface area contributed by atoms with Gasteiger partial charge in [-0.05, 0) is 29.5 Å². The molecule has 0 aliphatic heterocycles. The Bertz CT molecular complexity index is 498. The van der Waals surface area contributed by atoms with Gasteiger partial charge in [0.25, 0.3) is 0 Å². The summed E-state index contributed by atoms with van der Waals surface area (Å²) in [7, 11) is -3.36. The van der Waals surface area contributed by atoms with Crippen LogP contribution in [0, 0.1) is 0 Å². The van der Waals surface area contributed by atoms with E-state index >= 15 is 0 Å². The van der Waals surface area contributed by atoms with Crippen LogP contribution in [0.3, 0.4) is 0 Å². The fraction of sp³-hybridized carbons (Fsp3) is 0.625. The van der Waals surface area contributed by atoms with E-state index in [0.29, 0.717) is 11.4 Å². The normalized spacial score (nSPS) is 12.6. The summed E-state index contributed by atoms with van der Waals surface area (Å²) in [4.78, 5) is 0.348. The minimum Gasteiger partial charge on any atom is -0.211 e. The average molecular weight is 297 g/mol. The summed E-state index contributed by atoms with van der Waals surface area (Å²) in [5, 5.41) is 0. The molecule has 0 unspecified atom stereocenters. The van der Waals surface area contributed by atoms with Gasteiger partial charge in [-0.25, -0.2) is 13.1 Å². The van der Waals surface area contributed by atoms with Crippen LogP contribution in [0.25, 0.3) is 0 Å². The summed E-state index contributed by atoms with van der Waals surface area (Å²) in [6.45, 7) is 9.00. The number of hydrogen-bond acceptors (Lipinski definition) is 2. The molecule has 0 saturated heterocycles. The maximum atomic E-state index is 12.1. The zero-order chi connectivity index (χ0) is 15.2. The third kappa shape index (κ3) is 5.25. The molecule has 1 aromatic carbocycles. The first-order chi connectivity index (χ1) is 9.27. The molecule has 1 aromatic rings. The molecule has 0 aromatic heterocycles. The summed E-state index contributed by atoms with van der Waals surface area (Å²) in [6.07, 6.45) is 4.28. The Morgan fingerprint density at radius 1 is 1.00 bits per heavy atom. The van der Waals surface area contributed by atoms with Crippen LogP contribution in [0.2, 0.25) is 0 Å². The van der Waals surface area contributed by atoms with E-state index in [1.165, 1.54) is 0 Å². The van der Waals surface area contributed by atoms with Crippen molar-refractivity contribution in [3.8, 4) is 0 Å². The molecule has 0 amide bonds. The predicted molar refractivity (Wildman–Crippen MR) is 84.5 cm³/mol. The molecular weight excluding hydrogens is 270 g/mol. The SMILES string of the molecule is CCCCCCNS(=O)(=O)c1ccc(C(C)(C)C)cc1. The van der Waals surface area contributed by atoms with E-state index in [1.807, 2.05) is 12.1 Å². The van der Waals surface area contributed by atoms with Crippen LogP contribution in [-0.2, 0) is 15.4 Å². The van der Waals surface area contributed by atoms with Gasteiger partial charge in [0.15, 0.2) is 0 Å². The average Bonchev–Trinajstić information content (AvgIpc) is 2.37. The molecule has 0 radical (unpaired) electrons. The maximum absolute atomic E-state index is 12.1. The van der Waals surface area contributed by atoms with Crippen LogP contribution in [0.4, 0.5) is 0 Å². The van der Waals surface area contributed by atoms with Gasteiger partial charge in [0.05, 0.1) is 4.90 Å². The highest BCUT2D eigenvalue weighted by molar-refractivity contribution is 7.89. The van der Waals surface area contributed by atoms with Crippen LogP contribution in [0.15, 0.2) is 29.2 Å². The van der Waals surface area contributed by atoms with Gasteiger partial charge in [-0.2, -0.15) is 0 Å². The van der Waals surface area contributed by atoms with Gasteiger partial charge in [-0.3, -0.25) is 0 Å². The molecule has 1 N–H and O–H groups in total. The quantitative estimate of drug-likeness (QED) is 0.777. The van der Waals surface area contributed by atoms with E-state index in [4.69, 9.17) is 0 Å². The monoisotopic (exact) mass is 297 g/mol. The largest absolute Gasteiger partial charge is 0.240 e. The molecule has 0 heterocycles. The third-order valence-corrected chi connectivity index (χ3v) is 4.83. The first kappa shape index (κ1) is 17.2. The van der Waals surface area contributed by atoms with Gasteiger partial charge in [0.1, 0.15) is 0 Å². The third-order valence-electron chi connectivity index (χ3n) is 3.35. The van der Waals surface area contributed by atoms with Crippen molar-refractivity contribution in [3.63, 3.8) is 0 Å². The molecule has 1 rings (SSSR count). The van der Waals surface area contributed by atoms with Crippen molar-refractivity contribution in [2.75, 3.05) is 6.54 Å². The Hall–Kier alpha value is -0.870. The van der Waals surface area contributed by atoms with Crippen LogP contribution in [0.5, 0.6) is 0 Å². The van der Waals surface area contributed by atoms with Crippen molar-refractivity contribution in [1.29, 1.82) is 0 Å². The van der Waals surface area contributed by atoms with Gasteiger partial charge in [0, 0.05) is 6.54 Å². The van der Waals surface area contributed by atoms with Crippen LogP contribution >= 0.6 is 0 Å². The van der Waals surface area contributed by atoms with E-state index in [1.54, 1.807) is 12.1 Å². The van der Waals surface area contributed by atoms with Gasteiger partial charge in [0.2, 0.25) is 10.0 Å². The van der Waals surface area contributed by atoms with E-state index in [2.05, 4.69) is 32.4 Å². The fourth-order valence-corrected chi connectivity index (χ4v) is 3.05. The molecule has 0 fully saturated rings.